The van der Waals surface area contributed by atoms with Gasteiger partial charge in [0.15, 0.2) is 5.78 Å². The minimum Gasteiger partial charge on any atom is -0.478 e. The minimum atomic E-state index is -1.58. The number of carboxylic acids is 1. The number of carboxylic acid groups (broad SMARTS) is 1. The lowest BCUT2D eigenvalue weighted by Crippen LogP contribution is -2.48. The number of hydrogen-bond donors (Lipinski definition) is 3. The third kappa shape index (κ3) is 7.46. The van der Waals surface area contributed by atoms with Gasteiger partial charge in [-0.1, -0.05) is 49.7 Å². The van der Waals surface area contributed by atoms with Crippen LogP contribution in [0.5, 0.6) is 0 Å². The smallest absolute Gasteiger partial charge is 0.346 e. The highest BCUT2D eigenvalue weighted by Gasteiger charge is 2.28. The molecule has 0 radical (unpaired) electrons. The first-order chi connectivity index (χ1) is 17.9. The second-order valence-electron chi connectivity index (χ2n) is 8.78. The van der Waals surface area contributed by atoms with Gasteiger partial charge in [-0.15, -0.1) is 0 Å². The van der Waals surface area contributed by atoms with E-state index in [1.165, 1.54) is 36.2 Å². The molecule has 1 aromatic heterocycles. The number of aromatic amines is 1. The van der Waals surface area contributed by atoms with E-state index in [9.17, 15) is 28.7 Å². The Labute approximate surface area is 222 Å². The molecule has 10 nitrogen and oxygen atoms in total. The third-order valence-electron chi connectivity index (χ3n) is 5.40. The highest BCUT2D eigenvalue weighted by molar-refractivity contribution is 6.30. The number of esters is 1. The molecule has 0 bridgehead atoms. The molecule has 200 valence electrons. The summed E-state index contributed by atoms with van der Waals surface area (Å²) in [5.41, 5.74) is 4.09. The molecule has 0 saturated carbocycles. The molecule has 38 heavy (non-hydrogen) atoms. The first-order valence-corrected chi connectivity index (χ1v) is 11.9. The summed E-state index contributed by atoms with van der Waals surface area (Å²) in [7, 11) is 0. The highest BCUT2D eigenvalue weighted by atomic mass is 35.5. The van der Waals surface area contributed by atoms with Crippen molar-refractivity contribution < 1.29 is 33.4 Å². The Morgan fingerprint density at radius 3 is 2.39 bits per heavy atom. The van der Waals surface area contributed by atoms with Crippen LogP contribution in [-0.2, 0) is 20.9 Å². The topological polar surface area (TPSA) is 142 Å². The first kappa shape index (κ1) is 28.5. The lowest BCUT2D eigenvalue weighted by molar-refractivity contribution is -0.168. The Morgan fingerprint density at radius 2 is 1.82 bits per heavy atom. The van der Waals surface area contributed by atoms with Gasteiger partial charge >= 0.3 is 11.9 Å². The quantitative estimate of drug-likeness (QED) is 0.188. The predicted molar refractivity (Wildman–Crippen MR) is 136 cm³/mol. The number of carbonyl (C=O) groups excluding carboxylic acids is 3. The van der Waals surface area contributed by atoms with E-state index in [-0.39, 0.29) is 23.7 Å². The molecule has 0 aliphatic carbocycles. The summed E-state index contributed by atoms with van der Waals surface area (Å²) in [6.45, 7) is 4.04. The van der Waals surface area contributed by atoms with E-state index in [1.807, 2.05) is 0 Å². The van der Waals surface area contributed by atoms with Crippen LogP contribution in [0.2, 0.25) is 5.02 Å². The number of Topliss-reactive ketones (excluding diaryl/α,β-unsaturated/α-hetero) is 1. The lowest BCUT2D eigenvalue weighted by Gasteiger charge is -2.26. The Balaban J connectivity index is 1.84. The number of amides is 1. The van der Waals surface area contributed by atoms with Crippen molar-refractivity contribution in [1.82, 2.24) is 20.6 Å². The van der Waals surface area contributed by atoms with Gasteiger partial charge < -0.3 is 9.84 Å². The summed E-state index contributed by atoms with van der Waals surface area (Å²) in [6.07, 6.45) is -1.58. The molecule has 1 atom stereocenters. The van der Waals surface area contributed by atoms with Crippen molar-refractivity contribution in [2.24, 2.45) is 5.92 Å². The normalized spacial score (nSPS) is 11.9. The zero-order valence-electron chi connectivity index (χ0n) is 20.8. The maximum Gasteiger partial charge on any atom is 0.346 e. The van der Waals surface area contributed by atoms with E-state index in [0.717, 1.165) is 0 Å². The molecule has 0 saturated heterocycles. The second kappa shape index (κ2) is 12.4. The molecule has 2 aromatic carbocycles. The molecule has 3 aromatic rings. The molecular formula is C26H26ClFN4O6. The number of nitrogens with zero attached hydrogens (tertiary/aromatic N) is 2. The average molecular weight is 545 g/mol. The number of ketones is 1. The molecule has 0 unspecified atom stereocenters. The van der Waals surface area contributed by atoms with Crippen LogP contribution >= 0.6 is 11.6 Å². The monoisotopic (exact) mass is 544 g/mol. The number of H-pyrrole nitrogens is 1. The van der Waals surface area contributed by atoms with Gasteiger partial charge in [-0.05, 0) is 35.4 Å². The van der Waals surface area contributed by atoms with Crippen molar-refractivity contribution in [3.05, 3.63) is 76.3 Å². The van der Waals surface area contributed by atoms with Crippen LogP contribution in [0.4, 0.5) is 4.39 Å². The number of hydrazine groups is 1. The Morgan fingerprint density at radius 1 is 1.13 bits per heavy atom. The maximum atomic E-state index is 14.3. The summed E-state index contributed by atoms with van der Waals surface area (Å²) in [5.74, 6) is -4.16. The second-order valence-corrected chi connectivity index (χ2v) is 9.22. The van der Waals surface area contributed by atoms with Gasteiger partial charge in [-0.25, -0.2) is 14.2 Å². The number of nitrogens with one attached hydrogen (secondary N) is 2. The summed E-state index contributed by atoms with van der Waals surface area (Å²) in [5, 5.41) is 17.5. The standard InChI is InChI=1S/C26H26ClFN4O6/c1-14(2)26(37)38-23(25(35)36)13-32(31-24(34)22-11-21(15(3)33)29-30-22)12-16-4-6-17(7-5-16)19-10-18(27)8-9-20(19)28/h4-11,14,23H,12-13H2,1-3H3,(H,29,30)(H,31,34)(H,35,36)/t23-/m1/s1. The zero-order chi connectivity index (χ0) is 28.0. The molecule has 0 aliphatic rings. The molecule has 0 aliphatic heterocycles. The van der Waals surface area contributed by atoms with Gasteiger partial charge in [-0.2, -0.15) is 5.10 Å². The van der Waals surface area contributed by atoms with E-state index >= 15 is 0 Å². The Bertz CT molecular complexity index is 1340. The highest BCUT2D eigenvalue weighted by Crippen LogP contribution is 2.26. The van der Waals surface area contributed by atoms with Crippen molar-refractivity contribution in [3.63, 3.8) is 0 Å². The number of carbonyl (C=O) groups is 4. The molecule has 0 fully saturated rings. The van der Waals surface area contributed by atoms with Crippen LogP contribution in [0.15, 0.2) is 48.5 Å². The fourth-order valence-electron chi connectivity index (χ4n) is 3.34. The largest absolute Gasteiger partial charge is 0.478 e. The fraction of sp³-hybridized carbons (Fsp3) is 0.269. The van der Waals surface area contributed by atoms with Crippen LogP contribution in [0.3, 0.4) is 0 Å². The molecule has 3 N–H and O–H groups in total. The molecule has 1 heterocycles. The van der Waals surface area contributed by atoms with Gasteiger partial charge in [0.05, 0.1) is 12.5 Å². The Hall–Kier alpha value is -4.09. The number of hydrogen-bond acceptors (Lipinski definition) is 7. The van der Waals surface area contributed by atoms with Crippen molar-refractivity contribution in [3.8, 4) is 11.1 Å². The van der Waals surface area contributed by atoms with Crippen LogP contribution < -0.4 is 5.43 Å². The van der Waals surface area contributed by atoms with Gasteiger partial charge in [0.2, 0.25) is 6.10 Å². The van der Waals surface area contributed by atoms with Crippen molar-refractivity contribution in [2.45, 2.75) is 33.4 Å². The van der Waals surface area contributed by atoms with E-state index in [1.54, 1.807) is 38.1 Å². The summed E-state index contributed by atoms with van der Waals surface area (Å²) >= 11 is 5.99. The lowest BCUT2D eigenvalue weighted by atomic mass is 10.0. The fourth-order valence-corrected chi connectivity index (χ4v) is 3.52. The van der Waals surface area contributed by atoms with Gasteiger partial charge in [0.1, 0.15) is 17.2 Å². The number of aromatic nitrogens is 2. The van der Waals surface area contributed by atoms with Crippen LogP contribution in [0, 0.1) is 11.7 Å². The number of rotatable bonds is 11. The molecular weight excluding hydrogens is 519 g/mol. The Kier molecular flexibility index (Phi) is 9.32. The van der Waals surface area contributed by atoms with Gasteiger partial charge in [0.25, 0.3) is 5.91 Å². The molecule has 12 heteroatoms. The van der Waals surface area contributed by atoms with Crippen LogP contribution in [0.25, 0.3) is 11.1 Å². The van der Waals surface area contributed by atoms with Crippen LogP contribution in [0.1, 0.15) is 47.3 Å². The van der Waals surface area contributed by atoms with Crippen molar-refractivity contribution >= 4 is 35.2 Å². The van der Waals surface area contributed by atoms with E-state index < -0.39 is 42.2 Å². The number of ether oxygens (including phenoxy) is 1. The number of aliphatic carboxylic acids is 1. The molecule has 0 spiro atoms. The summed E-state index contributed by atoms with van der Waals surface area (Å²) in [4.78, 5) is 48.2. The van der Waals surface area contributed by atoms with E-state index in [0.29, 0.717) is 21.7 Å². The predicted octanol–water partition coefficient (Wildman–Crippen LogP) is 3.87. The van der Waals surface area contributed by atoms with E-state index in [4.69, 9.17) is 16.3 Å². The van der Waals surface area contributed by atoms with Crippen molar-refractivity contribution in [1.29, 1.82) is 0 Å². The maximum absolute atomic E-state index is 14.3. The average Bonchev–Trinajstić information content (AvgIpc) is 3.36. The number of benzene rings is 2. The summed E-state index contributed by atoms with van der Waals surface area (Å²) in [6, 6.07) is 12.1. The van der Waals surface area contributed by atoms with Gasteiger partial charge in [-0.3, -0.25) is 24.9 Å². The molecule has 3 rings (SSSR count). The SMILES string of the molecule is CC(=O)c1cc(C(=O)NN(Cc2ccc(-c3cc(Cl)ccc3F)cc2)C[C@@H](OC(=O)C(C)C)C(=O)O)[nH]n1. The zero-order valence-corrected chi connectivity index (χ0v) is 21.6. The minimum absolute atomic E-state index is 0.000754. The van der Waals surface area contributed by atoms with Crippen LogP contribution in [-0.4, -0.2) is 56.6 Å². The number of halogens is 2. The van der Waals surface area contributed by atoms with E-state index in [2.05, 4.69) is 15.6 Å². The first-order valence-electron chi connectivity index (χ1n) is 11.5. The van der Waals surface area contributed by atoms with Crippen molar-refractivity contribution in [2.75, 3.05) is 6.54 Å². The third-order valence-corrected chi connectivity index (χ3v) is 5.64. The van der Waals surface area contributed by atoms with Gasteiger partial charge in [0, 0.05) is 24.1 Å². The molecule has 1 amide bonds. The summed E-state index contributed by atoms with van der Waals surface area (Å²) < 4.78 is 19.4.